The van der Waals surface area contributed by atoms with Crippen LogP contribution in [0.2, 0.25) is 5.02 Å². The molecule has 0 heterocycles. The lowest BCUT2D eigenvalue weighted by Gasteiger charge is -1.94. The van der Waals surface area contributed by atoms with Crippen LogP contribution in [-0.2, 0) is 0 Å². The number of benzene rings is 1. The van der Waals surface area contributed by atoms with Crippen molar-refractivity contribution in [3.8, 4) is 0 Å². The molecule has 0 aliphatic carbocycles. The van der Waals surface area contributed by atoms with Gasteiger partial charge in [0.25, 0.3) is 0 Å². The van der Waals surface area contributed by atoms with Crippen LogP contribution in [0.3, 0.4) is 0 Å². The average Bonchev–Trinajstić information content (AvgIpc) is 1.83. The van der Waals surface area contributed by atoms with E-state index in [1.54, 1.807) is 6.07 Å². The Hall–Kier alpha value is 0.210. The normalized spacial score (nSPS) is 9.56. The van der Waals surface area contributed by atoms with E-state index in [2.05, 4.69) is 15.9 Å². The van der Waals surface area contributed by atoms with Crippen molar-refractivity contribution in [1.82, 2.24) is 0 Å². The van der Waals surface area contributed by atoms with E-state index in [-0.39, 0.29) is 0 Å². The highest BCUT2D eigenvalue weighted by atomic mass is 79.9. The maximum atomic E-state index is 5.70. The molecule has 0 nitrogen and oxygen atoms in total. The first-order valence-corrected chi connectivity index (χ1v) is 3.91. The molecule has 1 radical (unpaired) electrons. The molecule has 47 valence electrons. The van der Waals surface area contributed by atoms with Gasteiger partial charge in [-0.2, -0.15) is 0 Å². The molecule has 0 unspecified atom stereocenters. The molecule has 1 rings (SSSR count). The molecule has 0 amide bonds. The average molecular weight is 223 g/mol. The SMILES string of the molecule is [S]c1cccc(Cl)c1Br. The molecule has 1 aromatic rings. The molecule has 1 aromatic carbocycles. The number of hydrogen-bond acceptors (Lipinski definition) is 0. The van der Waals surface area contributed by atoms with Crippen molar-refractivity contribution in [2.75, 3.05) is 0 Å². The Balaban J connectivity index is 3.25. The smallest absolute Gasteiger partial charge is 0.0562 e. The zero-order valence-electron chi connectivity index (χ0n) is 4.40. The number of halogens is 2. The summed E-state index contributed by atoms with van der Waals surface area (Å²) in [4.78, 5) is 0.752. The Morgan fingerprint density at radius 1 is 1.44 bits per heavy atom. The zero-order valence-corrected chi connectivity index (χ0v) is 7.55. The summed E-state index contributed by atoms with van der Waals surface area (Å²) in [6, 6.07) is 5.45. The molecule has 0 aromatic heterocycles. The lowest BCUT2D eigenvalue weighted by atomic mass is 10.4. The van der Waals surface area contributed by atoms with E-state index < -0.39 is 0 Å². The lowest BCUT2D eigenvalue weighted by molar-refractivity contribution is 1.42. The Kier molecular flexibility index (Phi) is 2.33. The van der Waals surface area contributed by atoms with Gasteiger partial charge in [-0.3, -0.25) is 0 Å². The van der Waals surface area contributed by atoms with Crippen molar-refractivity contribution in [3.63, 3.8) is 0 Å². The van der Waals surface area contributed by atoms with Crippen LogP contribution in [0.15, 0.2) is 27.6 Å². The molecule has 0 aliphatic heterocycles. The third-order valence-electron chi connectivity index (χ3n) is 0.916. The highest BCUT2D eigenvalue weighted by Crippen LogP contribution is 2.27. The van der Waals surface area contributed by atoms with Gasteiger partial charge in [0.1, 0.15) is 0 Å². The summed E-state index contributed by atoms with van der Waals surface area (Å²) in [5.74, 6) is 0. The maximum Gasteiger partial charge on any atom is 0.0562 e. The third-order valence-corrected chi connectivity index (χ3v) is 2.92. The number of hydrogen-bond donors (Lipinski definition) is 0. The molecule has 0 spiro atoms. The standard InChI is InChI=1S/C6H3BrClS/c7-6-4(8)2-1-3-5(6)9/h1-3H. The molecule has 0 aliphatic rings. The van der Waals surface area contributed by atoms with Crippen LogP contribution >= 0.6 is 40.2 Å². The lowest BCUT2D eigenvalue weighted by Crippen LogP contribution is -1.69. The van der Waals surface area contributed by atoms with E-state index in [0.29, 0.717) is 5.02 Å². The molecular formula is C6H3BrClS. The molecular weight excluding hydrogens is 219 g/mol. The summed E-state index contributed by atoms with van der Waals surface area (Å²) in [6.45, 7) is 0. The third kappa shape index (κ3) is 1.57. The Bertz CT molecular complexity index is 204. The van der Waals surface area contributed by atoms with Gasteiger partial charge in [0, 0.05) is 0 Å². The van der Waals surface area contributed by atoms with Gasteiger partial charge in [0.05, 0.1) is 14.4 Å². The topological polar surface area (TPSA) is 0 Å². The van der Waals surface area contributed by atoms with E-state index in [1.807, 2.05) is 12.1 Å². The first-order chi connectivity index (χ1) is 4.22. The second-order valence-corrected chi connectivity index (χ2v) is 3.19. The minimum Gasteiger partial charge on any atom is -0.0831 e. The quantitative estimate of drug-likeness (QED) is 0.628. The summed E-state index contributed by atoms with van der Waals surface area (Å²) < 4.78 is 0.807. The Morgan fingerprint density at radius 2 is 2.11 bits per heavy atom. The van der Waals surface area contributed by atoms with E-state index in [9.17, 15) is 0 Å². The minimum absolute atomic E-state index is 0.669. The monoisotopic (exact) mass is 221 g/mol. The van der Waals surface area contributed by atoms with Crippen molar-refractivity contribution in [2.45, 2.75) is 4.90 Å². The fourth-order valence-corrected chi connectivity index (χ4v) is 1.17. The fraction of sp³-hybridized carbons (Fsp3) is 0. The van der Waals surface area contributed by atoms with Crippen LogP contribution in [0.4, 0.5) is 0 Å². The summed E-state index contributed by atoms with van der Waals surface area (Å²) in [7, 11) is 0. The first-order valence-electron chi connectivity index (χ1n) is 2.33. The molecule has 0 bridgehead atoms. The summed E-state index contributed by atoms with van der Waals surface area (Å²) in [5.41, 5.74) is 0. The van der Waals surface area contributed by atoms with Crippen LogP contribution in [0, 0.1) is 0 Å². The van der Waals surface area contributed by atoms with Crippen LogP contribution in [0.25, 0.3) is 0 Å². The van der Waals surface area contributed by atoms with Crippen molar-refractivity contribution in [1.29, 1.82) is 0 Å². The largest absolute Gasteiger partial charge is 0.0831 e. The first kappa shape index (κ1) is 7.32. The fourth-order valence-electron chi connectivity index (χ4n) is 0.484. The van der Waals surface area contributed by atoms with E-state index in [4.69, 9.17) is 24.2 Å². The van der Waals surface area contributed by atoms with E-state index >= 15 is 0 Å². The zero-order chi connectivity index (χ0) is 6.85. The van der Waals surface area contributed by atoms with Crippen LogP contribution < -0.4 is 0 Å². The Labute approximate surface area is 72.8 Å². The highest BCUT2D eigenvalue weighted by Gasteiger charge is 1.98. The van der Waals surface area contributed by atoms with Gasteiger partial charge in [-0.25, -0.2) is 0 Å². The van der Waals surface area contributed by atoms with Crippen LogP contribution in [0.1, 0.15) is 0 Å². The van der Waals surface area contributed by atoms with Gasteiger partial charge in [0.15, 0.2) is 0 Å². The van der Waals surface area contributed by atoms with E-state index in [1.165, 1.54) is 0 Å². The molecule has 0 fully saturated rings. The van der Waals surface area contributed by atoms with Crippen molar-refractivity contribution >= 4 is 40.2 Å². The molecule has 0 saturated carbocycles. The molecule has 0 saturated heterocycles. The predicted octanol–water partition coefficient (Wildman–Crippen LogP) is 3.66. The van der Waals surface area contributed by atoms with Crippen LogP contribution in [-0.4, -0.2) is 0 Å². The summed E-state index contributed by atoms with van der Waals surface area (Å²) >= 11 is 13.9. The van der Waals surface area contributed by atoms with Gasteiger partial charge >= 0.3 is 0 Å². The second kappa shape index (κ2) is 2.86. The number of rotatable bonds is 0. The molecule has 0 atom stereocenters. The summed E-state index contributed by atoms with van der Waals surface area (Å²) in [5, 5.41) is 0.669. The minimum atomic E-state index is 0.669. The highest BCUT2D eigenvalue weighted by molar-refractivity contribution is 9.10. The van der Waals surface area contributed by atoms with Crippen molar-refractivity contribution < 1.29 is 0 Å². The molecule has 9 heavy (non-hydrogen) atoms. The van der Waals surface area contributed by atoms with Crippen molar-refractivity contribution in [3.05, 3.63) is 27.7 Å². The van der Waals surface area contributed by atoms with Crippen LogP contribution in [0.5, 0.6) is 0 Å². The van der Waals surface area contributed by atoms with Gasteiger partial charge in [-0.15, -0.1) is 0 Å². The summed E-state index contributed by atoms with van der Waals surface area (Å²) in [6.07, 6.45) is 0. The predicted molar refractivity (Wildman–Crippen MR) is 45.0 cm³/mol. The van der Waals surface area contributed by atoms with Crippen molar-refractivity contribution in [2.24, 2.45) is 0 Å². The molecule has 0 N–H and O–H groups in total. The maximum absolute atomic E-state index is 5.70. The molecule has 3 heteroatoms. The van der Waals surface area contributed by atoms with Gasteiger partial charge in [-0.05, 0) is 28.1 Å². The van der Waals surface area contributed by atoms with Gasteiger partial charge in [0.2, 0.25) is 0 Å². The second-order valence-electron chi connectivity index (χ2n) is 1.55. The van der Waals surface area contributed by atoms with Gasteiger partial charge < -0.3 is 0 Å². The van der Waals surface area contributed by atoms with Gasteiger partial charge in [-0.1, -0.05) is 30.3 Å². The Morgan fingerprint density at radius 3 is 2.56 bits per heavy atom. The van der Waals surface area contributed by atoms with E-state index in [0.717, 1.165) is 9.37 Å².